The van der Waals surface area contributed by atoms with Crippen LogP contribution in [0, 0.1) is 0 Å². The van der Waals surface area contributed by atoms with Crippen molar-refractivity contribution in [1.82, 2.24) is 15.6 Å². The number of aromatic nitrogens is 1. The van der Waals surface area contributed by atoms with Gasteiger partial charge in [-0.15, -0.1) is 11.3 Å². The Balaban J connectivity index is 2.14. The van der Waals surface area contributed by atoms with Gasteiger partial charge >= 0.3 is 0 Å². The minimum absolute atomic E-state index is 0.187. The number of thiazole rings is 1. The molecule has 1 aliphatic heterocycles. The molecular formula is C10H14N4O2S. The van der Waals surface area contributed by atoms with Gasteiger partial charge < -0.3 is 10.2 Å². The number of carbonyl (C=O) groups excluding carboxylic acids is 2. The van der Waals surface area contributed by atoms with E-state index >= 15 is 0 Å². The highest BCUT2D eigenvalue weighted by Gasteiger charge is 2.24. The molecule has 1 aromatic heterocycles. The second kappa shape index (κ2) is 4.80. The van der Waals surface area contributed by atoms with Gasteiger partial charge in [-0.2, -0.15) is 0 Å². The largest absolute Gasteiger partial charge is 0.329 e. The summed E-state index contributed by atoms with van der Waals surface area (Å²) in [6.45, 7) is 2.41. The van der Waals surface area contributed by atoms with E-state index in [9.17, 15) is 9.59 Å². The number of nitrogens with zero attached hydrogens (tertiary/aromatic N) is 2. The summed E-state index contributed by atoms with van der Waals surface area (Å²) in [5.41, 5.74) is 0. The Kier molecular flexibility index (Phi) is 3.39. The number of amides is 2. The Bertz CT molecular complexity index is 429. The smallest absolute Gasteiger partial charge is 0.246 e. The SMILES string of the molecule is CNC(C)c1cnc(N2CC(=O)NC(=O)C2)s1. The van der Waals surface area contributed by atoms with Crippen molar-refractivity contribution < 1.29 is 9.59 Å². The van der Waals surface area contributed by atoms with E-state index in [0.29, 0.717) is 5.13 Å². The maximum Gasteiger partial charge on any atom is 0.246 e. The van der Waals surface area contributed by atoms with Crippen molar-refractivity contribution >= 4 is 28.3 Å². The van der Waals surface area contributed by atoms with E-state index in [1.54, 1.807) is 11.1 Å². The molecule has 1 aromatic rings. The van der Waals surface area contributed by atoms with Gasteiger partial charge in [0.1, 0.15) is 13.1 Å². The Hall–Kier alpha value is -1.47. The number of rotatable bonds is 3. The lowest BCUT2D eigenvalue weighted by Crippen LogP contribution is -2.51. The highest BCUT2D eigenvalue weighted by Crippen LogP contribution is 2.27. The van der Waals surface area contributed by atoms with Gasteiger partial charge in [-0.1, -0.05) is 0 Å². The van der Waals surface area contributed by atoms with E-state index in [1.807, 2.05) is 14.0 Å². The van der Waals surface area contributed by atoms with Gasteiger partial charge in [-0.3, -0.25) is 14.9 Å². The first-order valence-corrected chi connectivity index (χ1v) is 6.12. The lowest BCUT2D eigenvalue weighted by atomic mass is 10.3. The first kappa shape index (κ1) is 12.0. The molecule has 0 radical (unpaired) electrons. The molecule has 2 heterocycles. The molecule has 0 aliphatic carbocycles. The molecule has 2 rings (SSSR count). The zero-order valence-corrected chi connectivity index (χ0v) is 10.5. The summed E-state index contributed by atoms with van der Waals surface area (Å²) in [6, 6.07) is 0.218. The molecule has 92 valence electrons. The minimum Gasteiger partial charge on any atom is -0.329 e. The van der Waals surface area contributed by atoms with Crippen molar-refractivity contribution in [2.75, 3.05) is 25.0 Å². The molecule has 0 saturated carbocycles. The molecule has 6 nitrogen and oxygen atoms in total. The topological polar surface area (TPSA) is 74.3 Å². The Morgan fingerprint density at radius 1 is 1.47 bits per heavy atom. The van der Waals surface area contributed by atoms with Crippen molar-refractivity contribution in [2.45, 2.75) is 13.0 Å². The average Bonchev–Trinajstić information content (AvgIpc) is 2.76. The van der Waals surface area contributed by atoms with Gasteiger partial charge in [-0.05, 0) is 14.0 Å². The average molecular weight is 254 g/mol. The number of piperazine rings is 1. The molecule has 1 atom stereocenters. The highest BCUT2D eigenvalue weighted by molar-refractivity contribution is 7.15. The number of anilines is 1. The van der Waals surface area contributed by atoms with Gasteiger partial charge in [0.2, 0.25) is 11.8 Å². The minimum atomic E-state index is -0.278. The molecule has 1 saturated heterocycles. The van der Waals surface area contributed by atoms with E-state index in [1.165, 1.54) is 11.3 Å². The molecule has 1 aliphatic rings. The standard InChI is InChI=1S/C10H14N4O2S/c1-6(11-2)7-3-12-10(17-7)14-4-8(15)13-9(16)5-14/h3,6,11H,4-5H2,1-2H3,(H,13,15,16). The summed E-state index contributed by atoms with van der Waals surface area (Å²) in [4.78, 5) is 29.5. The number of carbonyl (C=O) groups is 2. The van der Waals surface area contributed by atoms with E-state index in [2.05, 4.69) is 15.6 Å². The molecule has 0 aromatic carbocycles. The van der Waals surface area contributed by atoms with Crippen LogP contribution in [0.5, 0.6) is 0 Å². The lowest BCUT2D eigenvalue weighted by Gasteiger charge is -2.24. The fourth-order valence-electron chi connectivity index (χ4n) is 1.54. The Labute approximate surface area is 103 Å². The third-order valence-corrected chi connectivity index (χ3v) is 3.83. The van der Waals surface area contributed by atoms with Gasteiger partial charge in [0.25, 0.3) is 0 Å². The van der Waals surface area contributed by atoms with Crippen LogP contribution >= 0.6 is 11.3 Å². The van der Waals surface area contributed by atoms with Crippen LogP contribution < -0.4 is 15.5 Å². The summed E-state index contributed by atoms with van der Waals surface area (Å²) in [5.74, 6) is -0.556. The second-order valence-electron chi connectivity index (χ2n) is 3.88. The van der Waals surface area contributed by atoms with Crippen LogP contribution in [0.1, 0.15) is 17.8 Å². The van der Waals surface area contributed by atoms with E-state index in [0.717, 1.165) is 4.88 Å². The van der Waals surface area contributed by atoms with Crippen molar-refractivity contribution in [2.24, 2.45) is 0 Å². The summed E-state index contributed by atoms with van der Waals surface area (Å²) in [6.07, 6.45) is 1.78. The third-order valence-electron chi connectivity index (χ3n) is 2.59. The van der Waals surface area contributed by atoms with E-state index in [4.69, 9.17) is 0 Å². The van der Waals surface area contributed by atoms with Crippen molar-refractivity contribution in [3.63, 3.8) is 0 Å². The number of hydrogen-bond donors (Lipinski definition) is 2. The summed E-state index contributed by atoms with van der Waals surface area (Å²) in [5, 5.41) is 6.10. The molecule has 0 spiro atoms. The highest BCUT2D eigenvalue weighted by atomic mass is 32.1. The Morgan fingerprint density at radius 2 is 2.12 bits per heavy atom. The molecule has 17 heavy (non-hydrogen) atoms. The fourth-order valence-corrected chi connectivity index (χ4v) is 2.51. The zero-order valence-electron chi connectivity index (χ0n) is 9.69. The third kappa shape index (κ3) is 2.62. The maximum absolute atomic E-state index is 11.2. The van der Waals surface area contributed by atoms with Crippen LogP contribution in [0.15, 0.2) is 6.20 Å². The predicted octanol–water partition coefficient (Wildman–Crippen LogP) is -0.114. The van der Waals surface area contributed by atoms with Gasteiger partial charge in [0.15, 0.2) is 5.13 Å². The fraction of sp³-hybridized carbons (Fsp3) is 0.500. The first-order valence-electron chi connectivity index (χ1n) is 5.30. The van der Waals surface area contributed by atoms with Crippen LogP contribution in [0.3, 0.4) is 0 Å². The summed E-state index contributed by atoms with van der Waals surface area (Å²) >= 11 is 1.50. The molecule has 7 heteroatoms. The molecule has 0 bridgehead atoms. The zero-order chi connectivity index (χ0) is 12.4. The monoisotopic (exact) mass is 254 g/mol. The second-order valence-corrected chi connectivity index (χ2v) is 4.92. The van der Waals surface area contributed by atoms with Crippen LogP contribution in [0.4, 0.5) is 5.13 Å². The van der Waals surface area contributed by atoms with Crippen LogP contribution in [-0.2, 0) is 9.59 Å². The predicted molar refractivity (Wildman–Crippen MR) is 65.0 cm³/mol. The van der Waals surface area contributed by atoms with Crippen LogP contribution in [0.25, 0.3) is 0 Å². The molecule has 1 unspecified atom stereocenters. The van der Waals surface area contributed by atoms with E-state index in [-0.39, 0.29) is 30.9 Å². The maximum atomic E-state index is 11.2. The normalized spacial score (nSPS) is 18.1. The van der Waals surface area contributed by atoms with Gasteiger partial charge in [0.05, 0.1) is 0 Å². The summed E-state index contributed by atoms with van der Waals surface area (Å²) < 4.78 is 0. The molecule has 2 N–H and O–H groups in total. The van der Waals surface area contributed by atoms with Gasteiger partial charge in [-0.25, -0.2) is 4.98 Å². The van der Waals surface area contributed by atoms with Crippen molar-refractivity contribution in [3.05, 3.63) is 11.1 Å². The molecular weight excluding hydrogens is 240 g/mol. The van der Waals surface area contributed by atoms with Crippen LogP contribution in [0.2, 0.25) is 0 Å². The first-order chi connectivity index (χ1) is 8.10. The molecule has 2 amide bonds. The van der Waals surface area contributed by atoms with Crippen molar-refractivity contribution in [3.8, 4) is 0 Å². The summed E-state index contributed by atoms with van der Waals surface area (Å²) in [7, 11) is 1.88. The van der Waals surface area contributed by atoms with Gasteiger partial charge in [0, 0.05) is 17.1 Å². The van der Waals surface area contributed by atoms with Crippen molar-refractivity contribution in [1.29, 1.82) is 0 Å². The number of imide groups is 1. The van der Waals surface area contributed by atoms with E-state index < -0.39 is 0 Å². The number of nitrogens with one attached hydrogen (secondary N) is 2. The molecule has 1 fully saturated rings. The van der Waals surface area contributed by atoms with Crippen LogP contribution in [-0.4, -0.2) is 36.9 Å². The number of hydrogen-bond acceptors (Lipinski definition) is 6. The lowest BCUT2D eigenvalue weighted by molar-refractivity contribution is -0.130. The Morgan fingerprint density at radius 3 is 2.71 bits per heavy atom. The quantitative estimate of drug-likeness (QED) is 0.736.